The van der Waals surface area contributed by atoms with Crippen molar-refractivity contribution >= 4 is 11.6 Å². The number of oxazole rings is 1. The quantitative estimate of drug-likeness (QED) is 0.515. The van der Waals surface area contributed by atoms with Crippen molar-refractivity contribution in [3.63, 3.8) is 0 Å². The van der Waals surface area contributed by atoms with E-state index < -0.39 is 23.3 Å². The number of nitrogens with one attached hydrogen (secondary N) is 1. The minimum absolute atomic E-state index is 0.121. The van der Waals surface area contributed by atoms with Crippen molar-refractivity contribution in [3.05, 3.63) is 66.4 Å². The number of nitrogens with zero attached hydrogens (tertiary/aromatic N) is 5. The molecule has 3 heterocycles. The van der Waals surface area contributed by atoms with Crippen molar-refractivity contribution in [1.82, 2.24) is 25.0 Å². The van der Waals surface area contributed by atoms with Crippen LogP contribution in [0.15, 0.2) is 59.6 Å². The third-order valence-electron chi connectivity index (χ3n) is 4.19. The van der Waals surface area contributed by atoms with E-state index >= 15 is 0 Å². The molecule has 3 aromatic heterocycles. The summed E-state index contributed by atoms with van der Waals surface area (Å²) < 4.78 is 51.8. The fraction of sp³-hybridized carbons (Fsp3) is 0.105. The summed E-state index contributed by atoms with van der Waals surface area (Å²) in [7, 11) is 1.35. The molecular weight excluding hydrogens is 417 g/mol. The highest BCUT2D eigenvalue weighted by atomic mass is 19.4. The molecule has 0 aliphatic heterocycles. The topological polar surface area (TPSA) is 108 Å². The highest BCUT2D eigenvalue weighted by Gasteiger charge is 2.41. The Hall–Kier alpha value is -4.22. The smallest absolute Gasteiger partial charge is 0.434 e. The van der Waals surface area contributed by atoms with Gasteiger partial charge in [0.2, 0.25) is 5.88 Å². The molecule has 0 radical (unpaired) electrons. The largest absolute Gasteiger partial charge is 0.480 e. The lowest BCUT2D eigenvalue weighted by Crippen LogP contribution is -2.21. The monoisotopic (exact) mass is 430 g/mol. The van der Waals surface area contributed by atoms with Gasteiger partial charge in [0.05, 0.1) is 25.1 Å². The number of halogens is 3. The van der Waals surface area contributed by atoms with E-state index in [1.165, 1.54) is 44.0 Å². The maximum Gasteiger partial charge on any atom is 0.434 e. The van der Waals surface area contributed by atoms with E-state index in [2.05, 4.69) is 25.6 Å². The normalized spacial score (nSPS) is 11.4. The van der Waals surface area contributed by atoms with Crippen LogP contribution in [-0.2, 0) is 6.18 Å². The first-order valence-corrected chi connectivity index (χ1v) is 8.70. The Morgan fingerprint density at radius 2 is 1.87 bits per heavy atom. The van der Waals surface area contributed by atoms with Crippen LogP contribution in [0.4, 0.5) is 18.9 Å². The summed E-state index contributed by atoms with van der Waals surface area (Å²) in [4.78, 5) is 16.4. The average Bonchev–Trinajstić information content (AvgIpc) is 3.44. The van der Waals surface area contributed by atoms with Gasteiger partial charge in [-0.2, -0.15) is 18.3 Å². The van der Waals surface area contributed by atoms with Crippen molar-refractivity contribution in [1.29, 1.82) is 0 Å². The van der Waals surface area contributed by atoms with Crippen LogP contribution in [-0.4, -0.2) is 38.0 Å². The van der Waals surface area contributed by atoms with Crippen LogP contribution in [0.5, 0.6) is 5.88 Å². The summed E-state index contributed by atoms with van der Waals surface area (Å²) >= 11 is 0. The van der Waals surface area contributed by atoms with Crippen LogP contribution in [0.3, 0.4) is 0 Å². The third-order valence-corrected chi connectivity index (χ3v) is 4.19. The van der Waals surface area contributed by atoms with Crippen LogP contribution in [0.1, 0.15) is 16.1 Å². The molecule has 9 nitrogen and oxygen atoms in total. The molecule has 0 saturated heterocycles. The van der Waals surface area contributed by atoms with Gasteiger partial charge in [-0.25, -0.2) is 9.67 Å². The summed E-state index contributed by atoms with van der Waals surface area (Å²) in [6.45, 7) is 0. The van der Waals surface area contributed by atoms with Crippen molar-refractivity contribution in [2.75, 3.05) is 12.4 Å². The number of benzene rings is 1. The zero-order chi connectivity index (χ0) is 22.0. The molecule has 4 aromatic rings. The van der Waals surface area contributed by atoms with Crippen LogP contribution in [0.2, 0.25) is 0 Å². The summed E-state index contributed by atoms with van der Waals surface area (Å²) in [6, 6.07) is 8.91. The molecule has 0 fully saturated rings. The lowest BCUT2D eigenvalue weighted by atomic mass is 10.1. The number of amides is 1. The van der Waals surface area contributed by atoms with Crippen molar-refractivity contribution in [2.24, 2.45) is 0 Å². The molecule has 1 aromatic carbocycles. The molecule has 0 saturated carbocycles. The molecule has 1 amide bonds. The number of anilines is 1. The van der Waals surface area contributed by atoms with Gasteiger partial charge in [-0.05, 0) is 30.3 Å². The van der Waals surface area contributed by atoms with Gasteiger partial charge in [-0.15, -0.1) is 10.2 Å². The average molecular weight is 430 g/mol. The Morgan fingerprint density at radius 3 is 2.45 bits per heavy atom. The molecule has 0 aliphatic carbocycles. The highest BCUT2D eigenvalue weighted by molar-refractivity contribution is 6.05. The molecule has 12 heteroatoms. The number of hydrogen-bond acceptors (Lipinski definition) is 7. The van der Waals surface area contributed by atoms with Gasteiger partial charge in [-0.1, -0.05) is 0 Å². The number of hydrogen-bond donors (Lipinski definition) is 1. The minimum atomic E-state index is -4.87. The number of alkyl halides is 3. The number of rotatable bonds is 5. The highest BCUT2D eigenvalue weighted by Crippen LogP contribution is 2.34. The lowest BCUT2D eigenvalue weighted by Gasteiger charge is -2.12. The molecule has 0 aliphatic rings. The summed E-state index contributed by atoms with van der Waals surface area (Å²) in [5.41, 5.74) is -0.956. The maximum absolute atomic E-state index is 13.8. The zero-order valence-corrected chi connectivity index (χ0v) is 15.8. The summed E-state index contributed by atoms with van der Waals surface area (Å²) in [6.07, 6.45) is -1.26. The standard InChI is InChI=1S/C19H13F3N6O3/c1-30-16-7-6-15(26-27-16)28-17(19(20,21)22)13(8-24-28)18(29)25-12-4-2-11(3-5-12)14-9-23-10-31-14/h2-10H,1H3,(H,25,29). The minimum Gasteiger partial charge on any atom is -0.480 e. The number of carbonyl (C=O) groups is 1. The second-order valence-electron chi connectivity index (χ2n) is 6.15. The fourth-order valence-corrected chi connectivity index (χ4v) is 2.77. The molecule has 1 N–H and O–H groups in total. The number of aromatic nitrogens is 5. The van der Waals surface area contributed by atoms with Gasteiger partial charge < -0.3 is 14.5 Å². The zero-order valence-electron chi connectivity index (χ0n) is 15.8. The lowest BCUT2D eigenvalue weighted by molar-refractivity contribution is -0.143. The predicted octanol–water partition coefficient (Wildman–Crippen LogP) is 3.60. The van der Waals surface area contributed by atoms with Crippen LogP contribution in [0.25, 0.3) is 17.1 Å². The second kappa shape index (κ2) is 7.89. The van der Waals surface area contributed by atoms with Gasteiger partial charge >= 0.3 is 6.18 Å². The van der Waals surface area contributed by atoms with Gasteiger partial charge in [-0.3, -0.25) is 4.79 Å². The van der Waals surface area contributed by atoms with E-state index in [-0.39, 0.29) is 11.7 Å². The third kappa shape index (κ3) is 4.08. The Balaban J connectivity index is 1.62. The van der Waals surface area contributed by atoms with Crippen LogP contribution >= 0.6 is 0 Å². The van der Waals surface area contributed by atoms with Crippen molar-refractivity contribution < 1.29 is 27.1 Å². The van der Waals surface area contributed by atoms with E-state index in [0.717, 1.165) is 6.20 Å². The van der Waals surface area contributed by atoms with Gasteiger partial charge in [0.1, 0.15) is 0 Å². The first-order valence-electron chi connectivity index (χ1n) is 8.70. The first-order chi connectivity index (χ1) is 14.9. The molecular formula is C19H13F3N6O3. The Kier molecular flexibility index (Phi) is 5.11. The fourth-order valence-electron chi connectivity index (χ4n) is 2.77. The van der Waals surface area contributed by atoms with Crippen LogP contribution < -0.4 is 10.1 Å². The van der Waals surface area contributed by atoms with E-state index in [9.17, 15) is 18.0 Å². The molecule has 0 atom stereocenters. The summed E-state index contributed by atoms with van der Waals surface area (Å²) in [5, 5.41) is 13.4. The molecule has 158 valence electrons. The molecule has 4 rings (SSSR count). The van der Waals surface area contributed by atoms with Crippen LogP contribution in [0, 0.1) is 0 Å². The number of ether oxygens (including phenoxy) is 1. The Bertz CT molecular complexity index is 1190. The molecule has 0 spiro atoms. The summed E-state index contributed by atoms with van der Waals surface area (Å²) in [5.74, 6) is -0.564. The number of carbonyl (C=O) groups excluding carboxylic acids is 1. The maximum atomic E-state index is 13.8. The van der Waals surface area contributed by atoms with Gasteiger partial charge in [0.15, 0.2) is 23.7 Å². The van der Waals surface area contributed by atoms with Gasteiger partial charge in [0.25, 0.3) is 5.91 Å². The SMILES string of the molecule is COc1ccc(-n2ncc(C(=O)Nc3ccc(-c4cnco4)cc3)c2C(F)(F)F)nn1. The second-order valence-corrected chi connectivity index (χ2v) is 6.15. The predicted molar refractivity (Wildman–Crippen MR) is 101 cm³/mol. The molecule has 31 heavy (non-hydrogen) atoms. The Labute approximate surface area is 172 Å². The first kappa shape index (κ1) is 20.1. The number of methoxy groups -OCH3 is 1. The van der Waals surface area contributed by atoms with E-state index in [1.54, 1.807) is 12.1 Å². The van der Waals surface area contributed by atoms with E-state index in [4.69, 9.17) is 9.15 Å². The van der Waals surface area contributed by atoms with E-state index in [0.29, 0.717) is 21.7 Å². The van der Waals surface area contributed by atoms with Gasteiger partial charge in [0, 0.05) is 17.3 Å². The van der Waals surface area contributed by atoms with Crippen molar-refractivity contribution in [2.45, 2.75) is 6.18 Å². The molecule has 0 bridgehead atoms. The van der Waals surface area contributed by atoms with Crippen molar-refractivity contribution in [3.8, 4) is 23.0 Å². The van der Waals surface area contributed by atoms with E-state index in [1.807, 2.05) is 0 Å². The molecule has 0 unspecified atom stereocenters. The Morgan fingerprint density at radius 1 is 1.10 bits per heavy atom.